The number of nitrogens with zero attached hydrogens (tertiary/aromatic N) is 2. The fourth-order valence-electron chi connectivity index (χ4n) is 2.19. The molecule has 1 heterocycles. The second kappa shape index (κ2) is 5.50. The number of rotatable bonds is 2. The van der Waals surface area contributed by atoms with Crippen molar-refractivity contribution in [2.24, 2.45) is 5.92 Å². The van der Waals surface area contributed by atoms with E-state index in [0.717, 1.165) is 31.2 Å². The van der Waals surface area contributed by atoms with E-state index in [1.165, 1.54) is 5.69 Å². The summed E-state index contributed by atoms with van der Waals surface area (Å²) in [6.45, 7) is 8.57. The van der Waals surface area contributed by atoms with E-state index in [1.54, 1.807) is 0 Å². The highest BCUT2D eigenvalue weighted by atomic mass is 32.1. The maximum absolute atomic E-state index is 5.46. The number of benzene rings is 1. The Bertz CT molecular complexity index is 367. The van der Waals surface area contributed by atoms with Crippen molar-refractivity contribution in [2.75, 3.05) is 31.1 Å². The minimum atomic E-state index is 0.480. The number of hydrogen-bond donors (Lipinski definition) is 0. The van der Waals surface area contributed by atoms with Gasteiger partial charge in [0.25, 0.3) is 0 Å². The van der Waals surface area contributed by atoms with Gasteiger partial charge in [-0.1, -0.05) is 44.3 Å². The minimum absolute atomic E-state index is 0.480. The van der Waals surface area contributed by atoms with Crippen molar-refractivity contribution >= 4 is 22.9 Å². The van der Waals surface area contributed by atoms with Crippen LogP contribution in [0.25, 0.3) is 0 Å². The van der Waals surface area contributed by atoms with Crippen LogP contribution < -0.4 is 4.90 Å². The summed E-state index contributed by atoms with van der Waals surface area (Å²) in [6, 6.07) is 10.6. The van der Waals surface area contributed by atoms with Gasteiger partial charge in [0.15, 0.2) is 0 Å². The van der Waals surface area contributed by atoms with E-state index < -0.39 is 0 Å². The zero-order valence-corrected chi connectivity index (χ0v) is 11.4. The molecule has 0 aliphatic carbocycles. The Hall–Kier alpha value is -1.09. The zero-order chi connectivity index (χ0) is 12.3. The number of hydrogen-bond acceptors (Lipinski definition) is 2. The molecular weight excluding hydrogens is 228 g/mol. The van der Waals surface area contributed by atoms with Crippen LogP contribution in [0, 0.1) is 5.92 Å². The standard InChI is InChI=1S/C14H20N2S/c1-12(2)14(17)16-10-8-15(9-11-16)13-6-4-3-5-7-13/h3-7,12H,8-11H2,1-2H3. The van der Waals surface area contributed by atoms with Crippen LogP contribution in [-0.4, -0.2) is 36.1 Å². The third-order valence-corrected chi connectivity index (χ3v) is 3.94. The van der Waals surface area contributed by atoms with E-state index in [2.05, 4.69) is 54.0 Å². The summed E-state index contributed by atoms with van der Waals surface area (Å²) in [4.78, 5) is 5.89. The Labute approximate surface area is 109 Å². The van der Waals surface area contributed by atoms with Crippen LogP contribution in [0.15, 0.2) is 30.3 Å². The van der Waals surface area contributed by atoms with Gasteiger partial charge in [-0.15, -0.1) is 0 Å². The highest BCUT2D eigenvalue weighted by Gasteiger charge is 2.20. The number of para-hydroxylation sites is 1. The first-order valence-electron chi connectivity index (χ1n) is 6.27. The van der Waals surface area contributed by atoms with Gasteiger partial charge in [-0.05, 0) is 12.1 Å². The number of anilines is 1. The lowest BCUT2D eigenvalue weighted by molar-refractivity contribution is 0.377. The van der Waals surface area contributed by atoms with Gasteiger partial charge in [0.05, 0.1) is 4.99 Å². The molecule has 1 aromatic carbocycles. The second-order valence-corrected chi connectivity index (χ2v) is 5.22. The molecule has 1 fully saturated rings. The first-order chi connectivity index (χ1) is 8.18. The highest BCUT2D eigenvalue weighted by molar-refractivity contribution is 7.80. The van der Waals surface area contributed by atoms with Crippen LogP contribution in [0.4, 0.5) is 5.69 Å². The molecule has 0 radical (unpaired) electrons. The summed E-state index contributed by atoms with van der Waals surface area (Å²) in [7, 11) is 0. The highest BCUT2D eigenvalue weighted by Crippen LogP contribution is 2.16. The van der Waals surface area contributed by atoms with Crippen molar-refractivity contribution in [2.45, 2.75) is 13.8 Å². The fraction of sp³-hybridized carbons (Fsp3) is 0.500. The molecule has 1 aliphatic rings. The third-order valence-electron chi connectivity index (χ3n) is 3.21. The number of thiocarbonyl (C=S) groups is 1. The van der Waals surface area contributed by atoms with Crippen LogP contribution in [0.2, 0.25) is 0 Å². The van der Waals surface area contributed by atoms with Crippen LogP contribution in [0.3, 0.4) is 0 Å². The molecular formula is C14H20N2S. The first-order valence-corrected chi connectivity index (χ1v) is 6.68. The Morgan fingerprint density at radius 2 is 1.65 bits per heavy atom. The minimum Gasteiger partial charge on any atom is -0.368 e. The molecule has 0 atom stereocenters. The summed E-state index contributed by atoms with van der Waals surface area (Å²) in [5.74, 6) is 0.480. The summed E-state index contributed by atoms with van der Waals surface area (Å²) in [6.07, 6.45) is 0. The van der Waals surface area contributed by atoms with E-state index in [9.17, 15) is 0 Å². The largest absolute Gasteiger partial charge is 0.368 e. The zero-order valence-electron chi connectivity index (χ0n) is 10.6. The molecule has 0 saturated carbocycles. The Morgan fingerprint density at radius 1 is 1.06 bits per heavy atom. The Balaban J connectivity index is 1.93. The Morgan fingerprint density at radius 3 is 2.18 bits per heavy atom. The quantitative estimate of drug-likeness (QED) is 0.743. The van der Waals surface area contributed by atoms with Crippen LogP contribution in [0.1, 0.15) is 13.8 Å². The lowest BCUT2D eigenvalue weighted by Gasteiger charge is -2.38. The molecule has 0 bridgehead atoms. The SMILES string of the molecule is CC(C)C(=S)N1CCN(c2ccccc2)CC1. The predicted molar refractivity (Wildman–Crippen MR) is 77.7 cm³/mol. The molecule has 1 saturated heterocycles. The molecule has 3 heteroatoms. The molecule has 1 aliphatic heterocycles. The lowest BCUT2D eigenvalue weighted by Crippen LogP contribution is -2.49. The molecule has 2 nitrogen and oxygen atoms in total. The van der Waals surface area contributed by atoms with Crippen molar-refractivity contribution in [3.63, 3.8) is 0 Å². The van der Waals surface area contributed by atoms with E-state index in [-0.39, 0.29) is 0 Å². The molecule has 0 N–H and O–H groups in total. The molecule has 0 aromatic heterocycles. The van der Waals surface area contributed by atoms with Gasteiger partial charge in [-0.25, -0.2) is 0 Å². The average Bonchev–Trinajstić information content (AvgIpc) is 2.39. The average molecular weight is 248 g/mol. The maximum atomic E-state index is 5.46. The van der Waals surface area contributed by atoms with Crippen molar-refractivity contribution in [1.82, 2.24) is 4.90 Å². The first kappa shape index (κ1) is 12.4. The fourth-order valence-corrected chi connectivity index (χ4v) is 2.37. The molecule has 0 unspecified atom stereocenters. The van der Waals surface area contributed by atoms with Gasteiger partial charge < -0.3 is 9.80 Å². The normalized spacial score (nSPS) is 16.4. The molecule has 92 valence electrons. The number of piperazine rings is 1. The van der Waals surface area contributed by atoms with Crippen molar-refractivity contribution in [3.8, 4) is 0 Å². The van der Waals surface area contributed by atoms with E-state index in [0.29, 0.717) is 5.92 Å². The van der Waals surface area contributed by atoms with Gasteiger partial charge in [-0.3, -0.25) is 0 Å². The van der Waals surface area contributed by atoms with Crippen molar-refractivity contribution in [3.05, 3.63) is 30.3 Å². The maximum Gasteiger partial charge on any atom is 0.0806 e. The van der Waals surface area contributed by atoms with Crippen molar-refractivity contribution in [1.29, 1.82) is 0 Å². The summed E-state index contributed by atoms with van der Waals surface area (Å²) >= 11 is 5.46. The predicted octanol–water partition coefficient (Wildman–Crippen LogP) is 2.79. The molecule has 0 amide bonds. The summed E-state index contributed by atoms with van der Waals surface area (Å²) in [5, 5.41) is 0. The van der Waals surface area contributed by atoms with Gasteiger partial charge in [0.1, 0.15) is 0 Å². The van der Waals surface area contributed by atoms with Crippen LogP contribution in [-0.2, 0) is 0 Å². The summed E-state index contributed by atoms with van der Waals surface area (Å²) in [5.41, 5.74) is 1.32. The van der Waals surface area contributed by atoms with E-state index in [4.69, 9.17) is 12.2 Å². The smallest absolute Gasteiger partial charge is 0.0806 e. The molecule has 0 spiro atoms. The van der Waals surface area contributed by atoms with Crippen LogP contribution >= 0.6 is 12.2 Å². The lowest BCUT2D eigenvalue weighted by atomic mass is 10.2. The molecule has 2 rings (SSSR count). The van der Waals surface area contributed by atoms with E-state index >= 15 is 0 Å². The second-order valence-electron chi connectivity index (χ2n) is 4.80. The topological polar surface area (TPSA) is 6.48 Å². The molecule has 1 aromatic rings. The van der Waals surface area contributed by atoms with Gasteiger partial charge in [0, 0.05) is 37.8 Å². The van der Waals surface area contributed by atoms with Gasteiger partial charge in [-0.2, -0.15) is 0 Å². The van der Waals surface area contributed by atoms with Gasteiger partial charge in [0.2, 0.25) is 0 Å². The van der Waals surface area contributed by atoms with E-state index in [1.807, 2.05) is 0 Å². The molecule has 17 heavy (non-hydrogen) atoms. The summed E-state index contributed by atoms with van der Waals surface area (Å²) < 4.78 is 0. The monoisotopic (exact) mass is 248 g/mol. The van der Waals surface area contributed by atoms with Gasteiger partial charge >= 0.3 is 0 Å². The van der Waals surface area contributed by atoms with Crippen molar-refractivity contribution < 1.29 is 0 Å². The third kappa shape index (κ3) is 2.97. The Kier molecular flexibility index (Phi) is 4.00. The van der Waals surface area contributed by atoms with Crippen LogP contribution in [0.5, 0.6) is 0 Å².